The zero-order valence-corrected chi connectivity index (χ0v) is 17.1. The highest BCUT2D eigenvalue weighted by molar-refractivity contribution is 7.14. The van der Waals surface area contributed by atoms with Crippen molar-refractivity contribution in [3.63, 3.8) is 0 Å². The van der Waals surface area contributed by atoms with Crippen LogP contribution < -0.4 is 15.0 Å². The topological polar surface area (TPSA) is 80.2 Å². The van der Waals surface area contributed by atoms with Gasteiger partial charge in [-0.15, -0.1) is 11.3 Å². The van der Waals surface area contributed by atoms with Gasteiger partial charge >= 0.3 is 0 Å². The number of nitrogens with zero attached hydrogens (tertiary/aromatic N) is 4. The van der Waals surface area contributed by atoms with Crippen LogP contribution in [0, 0.1) is 5.92 Å². The largest absolute Gasteiger partial charge is 0.494 e. The van der Waals surface area contributed by atoms with Gasteiger partial charge < -0.3 is 15.0 Å². The normalized spacial score (nSPS) is 16.4. The second-order valence-electron chi connectivity index (χ2n) is 6.82. The lowest BCUT2D eigenvalue weighted by Crippen LogP contribution is -2.41. The van der Waals surface area contributed by atoms with Crippen LogP contribution in [0.1, 0.15) is 19.8 Å². The Kier molecular flexibility index (Phi) is 6.00. The second-order valence-corrected chi connectivity index (χ2v) is 7.68. The van der Waals surface area contributed by atoms with Crippen LogP contribution in [-0.4, -0.2) is 40.6 Å². The van der Waals surface area contributed by atoms with Gasteiger partial charge in [-0.25, -0.2) is 15.0 Å². The second kappa shape index (κ2) is 9.00. The molecule has 1 atom stereocenters. The maximum absolute atomic E-state index is 12.8. The fraction of sp³-hybridized carbons (Fsp3) is 0.333. The Morgan fingerprint density at radius 2 is 2.07 bits per heavy atom. The lowest BCUT2D eigenvalue weighted by molar-refractivity contribution is -0.120. The predicted molar refractivity (Wildman–Crippen MR) is 114 cm³/mol. The minimum atomic E-state index is -0.106. The van der Waals surface area contributed by atoms with E-state index in [0.29, 0.717) is 24.2 Å². The van der Waals surface area contributed by atoms with Crippen molar-refractivity contribution in [2.75, 3.05) is 29.9 Å². The number of anilines is 2. The number of thiazole rings is 1. The molecule has 0 bridgehead atoms. The number of amides is 1. The molecule has 1 amide bonds. The molecule has 1 saturated heterocycles. The minimum absolute atomic E-state index is 0.00164. The lowest BCUT2D eigenvalue weighted by atomic mass is 9.97. The van der Waals surface area contributed by atoms with E-state index in [-0.39, 0.29) is 11.8 Å². The highest BCUT2D eigenvalue weighted by Crippen LogP contribution is 2.28. The molecule has 1 N–H and O–H groups in total. The molecule has 150 valence electrons. The molecule has 0 aliphatic carbocycles. The van der Waals surface area contributed by atoms with E-state index in [0.717, 1.165) is 36.4 Å². The number of benzene rings is 1. The fourth-order valence-electron chi connectivity index (χ4n) is 3.39. The van der Waals surface area contributed by atoms with Crippen molar-refractivity contribution in [1.29, 1.82) is 0 Å². The Morgan fingerprint density at radius 3 is 2.83 bits per heavy atom. The van der Waals surface area contributed by atoms with Crippen LogP contribution in [0.2, 0.25) is 0 Å². The summed E-state index contributed by atoms with van der Waals surface area (Å²) < 4.78 is 5.47. The fourth-order valence-corrected chi connectivity index (χ4v) is 4.11. The zero-order chi connectivity index (χ0) is 20.1. The van der Waals surface area contributed by atoms with E-state index < -0.39 is 0 Å². The third-order valence-electron chi connectivity index (χ3n) is 4.82. The molecule has 2 aromatic heterocycles. The van der Waals surface area contributed by atoms with Crippen LogP contribution in [0.4, 0.5) is 11.1 Å². The first-order valence-corrected chi connectivity index (χ1v) is 10.6. The molecule has 1 unspecified atom stereocenters. The van der Waals surface area contributed by atoms with Crippen molar-refractivity contribution in [2.45, 2.75) is 19.8 Å². The number of piperidine rings is 1. The van der Waals surface area contributed by atoms with Gasteiger partial charge in [0.15, 0.2) is 5.13 Å². The summed E-state index contributed by atoms with van der Waals surface area (Å²) in [5.74, 6) is 1.41. The minimum Gasteiger partial charge on any atom is -0.494 e. The van der Waals surface area contributed by atoms with Gasteiger partial charge in [-0.2, -0.15) is 0 Å². The van der Waals surface area contributed by atoms with E-state index in [1.807, 2.05) is 36.6 Å². The van der Waals surface area contributed by atoms with Gasteiger partial charge in [-0.05, 0) is 50.1 Å². The molecule has 0 spiro atoms. The van der Waals surface area contributed by atoms with Crippen molar-refractivity contribution < 1.29 is 9.53 Å². The lowest BCUT2D eigenvalue weighted by Gasteiger charge is -2.31. The summed E-state index contributed by atoms with van der Waals surface area (Å²) in [5, 5.41) is 5.55. The number of hydrogen-bond acceptors (Lipinski definition) is 7. The third kappa shape index (κ3) is 4.71. The highest BCUT2D eigenvalue weighted by Gasteiger charge is 2.27. The van der Waals surface area contributed by atoms with E-state index in [1.165, 1.54) is 11.3 Å². The average Bonchev–Trinajstić information content (AvgIpc) is 3.24. The summed E-state index contributed by atoms with van der Waals surface area (Å²) in [6.45, 7) is 4.09. The van der Waals surface area contributed by atoms with Gasteiger partial charge in [-0.3, -0.25) is 4.79 Å². The molecule has 0 saturated carbocycles. The van der Waals surface area contributed by atoms with E-state index in [1.54, 1.807) is 18.5 Å². The van der Waals surface area contributed by atoms with Gasteiger partial charge in [0.05, 0.1) is 18.2 Å². The molecular weight excluding hydrogens is 386 g/mol. The van der Waals surface area contributed by atoms with Gasteiger partial charge in [0.2, 0.25) is 11.9 Å². The van der Waals surface area contributed by atoms with Crippen molar-refractivity contribution in [3.8, 4) is 17.0 Å². The first-order valence-electron chi connectivity index (χ1n) is 9.74. The molecule has 7 nitrogen and oxygen atoms in total. The van der Waals surface area contributed by atoms with Crippen molar-refractivity contribution in [3.05, 3.63) is 48.1 Å². The predicted octanol–water partition coefficient (Wildman–Crippen LogP) is 3.85. The highest BCUT2D eigenvalue weighted by atomic mass is 32.1. The summed E-state index contributed by atoms with van der Waals surface area (Å²) in [4.78, 5) is 28.0. The van der Waals surface area contributed by atoms with E-state index in [4.69, 9.17) is 4.74 Å². The van der Waals surface area contributed by atoms with Gasteiger partial charge in [-0.1, -0.05) is 0 Å². The molecule has 0 radical (unpaired) electrons. The van der Waals surface area contributed by atoms with Crippen molar-refractivity contribution >= 4 is 28.3 Å². The molecule has 1 aliphatic rings. The summed E-state index contributed by atoms with van der Waals surface area (Å²) >= 11 is 1.44. The molecule has 4 rings (SSSR count). The summed E-state index contributed by atoms with van der Waals surface area (Å²) in [6.07, 6.45) is 5.24. The molecule has 1 fully saturated rings. The monoisotopic (exact) mass is 409 g/mol. The summed E-state index contributed by atoms with van der Waals surface area (Å²) in [6, 6.07) is 9.61. The first kappa shape index (κ1) is 19.3. The van der Waals surface area contributed by atoms with Crippen LogP contribution >= 0.6 is 11.3 Å². The Labute approximate surface area is 173 Å². The molecule has 29 heavy (non-hydrogen) atoms. The molecule has 8 heteroatoms. The van der Waals surface area contributed by atoms with Gasteiger partial charge in [0.1, 0.15) is 5.75 Å². The smallest absolute Gasteiger partial charge is 0.231 e. The summed E-state index contributed by atoms with van der Waals surface area (Å²) in [5.41, 5.74) is 1.84. The maximum Gasteiger partial charge on any atom is 0.231 e. The molecule has 1 aromatic carbocycles. The average molecular weight is 410 g/mol. The van der Waals surface area contributed by atoms with Gasteiger partial charge in [0.25, 0.3) is 0 Å². The number of aromatic nitrogens is 3. The third-order valence-corrected chi connectivity index (χ3v) is 5.58. The quantitative estimate of drug-likeness (QED) is 0.666. The van der Waals surface area contributed by atoms with Crippen LogP contribution in [0.5, 0.6) is 5.75 Å². The number of hydrogen-bond donors (Lipinski definition) is 1. The van der Waals surface area contributed by atoms with Crippen molar-refractivity contribution in [1.82, 2.24) is 15.0 Å². The van der Waals surface area contributed by atoms with Crippen molar-refractivity contribution in [2.24, 2.45) is 5.92 Å². The van der Waals surface area contributed by atoms with Crippen LogP contribution in [-0.2, 0) is 4.79 Å². The number of rotatable bonds is 6. The maximum atomic E-state index is 12.8. The van der Waals surface area contributed by atoms with E-state index in [2.05, 4.69) is 25.2 Å². The standard InChI is InChI=1S/C21H23N5O2S/c1-2-28-17-8-6-15(7-9-17)18-14-29-21(24-18)25-19(27)16-5-3-12-26(13-16)20-22-10-4-11-23-20/h4,6-11,14,16H,2-3,5,12-13H2,1H3,(H,24,25,27). The Morgan fingerprint density at radius 1 is 1.28 bits per heavy atom. The molecule has 3 heterocycles. The Hall–Kier alpha value is -3.00. The Bertz CT molecular complexity index is 945. The zero-order valence-electron chi connectivity index (χ0n) is 16.2. The summed E-state index contributed by atoms with van der Waals surface area (Å²) in [7, 11) is 0. The van der Waals surface area contributed by atoms with Gasteiger partial charge in [0, 0.05) is 36.4 Å². The Balaban J connectivity index is 1.38. The van der Waals surface area contributed by atoms with E-state index >= 15 is 0 Å². The molecular formula is C21H23N5O2S. The number of carbonyl (C=O) groups is 1. The molecule has 3 aromatic rings. The van der Waals surface area contributed by atoms with Crippen LogP contribution in [0.3, 0.4) is 0 Å². The van der Waals surface area contributed by atoms with Crippen LogP contribution in [0.15, 0.2) is 48.1 Å². The van der Waals surface area contributed by atoms with E-state index in [9.17, 15) is 4.79 Å². The molecule has 1 aliphatic heterocycles. The number of nitrogens with one attached hydrogen (secondary N) is 1. The SMILES string of the molecule is CCOc1ccc(-c2csc(NC(=O)C3CCCN(c4ncccn4)C3)n2)cc1. The number of carbonyl (C=O) groups excluding carboxylic acids is 1. The van der Waals surface area contributed by atoms with Crippen LogP contribution in [0.25, 0.3) is 11.3 Å². The first-order chi connectivity index (χ1) is 14.2. The number of ether oxygens (including phenoxy) is 1.